The molecule has 0 spiro atoms. The molecular formula is C12H18O11. The lowest BCUT2D eigenvalue weighted by molar-refractivity contribution is -0.289. The first kappa shape index (κ1) is 17.9. The minimum atomic E-state index is -1.78. The number of ether oxygens (including phenoxy) is 3. The third-order valence-corrected chi connectivity index (χ3v) is 3.55. The third-order valence-electron chi connectivity index (χ3n) is 3.55. The van der Waals surface area contributed by atoms with E-state index >= 15 is 0 Å². The number of carbonyl (C=O) groups is 1. The highest BCUT2D eigenvalue weighted by Gasteiger charge is 2.48. The summed E-state index contributed by atoms with van der Waals surface area (Å²) in [7, 11) is 0. The number of cyclic esters (lactones) is 1. The Labute approximate surface area is 129 Å². The Morgan fingerprint density at radius 3 is 2.39 bits per heavy atom. The van der Waals surface area contributed by atoms with Gasteiger partial charge in [0.1, 0.15) is 24.4 Å². The number of hydrogen-bond acceptors (Lipinski definition) is 11. The maximum Gasteiger partial charge on any atom is 0.378 e. The van der Waals surface area contributed by atoms with Crippen molar-refractivity contribution in [2.24, 2.45) is 0 Å². The Hall–Kier alpha value is -1.47. The standard InChI is InChI=1S/C12H18O11/c13-1-3(15)8-7(18)10(12(20)23-8)22-9-4(2-14)21-11(19)6(17)5(9)16/h3-6,8-9,11,13-19H,1-2H2/t3?,4-,5-,6-,8?,9-,11-/m1/s1. The Bertz CT molecular complexity index is 476. The number of aliphatic hydroxyl groups is 7. The van der Waals surface area contributed by atoms with Crippen molar-refractivity contribution >= 4 is 5.97 Å². The van der Waals surface area contributed by atoms with Gasteiger partial charge in [-0.15, -0.1) is 0 Å². The molecule has 0 aromatic heterocycles. The van der Waals surface area contributed by atoms with Crippen molar-refractivity contribution in [3.05, 3.63) is 11.5 Å². The molecule has 2 heterocycles. The van der Waals surface area contributed by atoms with Crippen LogP contribution >= 0.6 is 0 Å². The minimum absolute atomic E-state index is 0.725. The topological polar surface area (TPSA) is 186 Å². The van der Waals surface area contributed by atoms with E-state index in [-0.39, 0.29) is 0 Å². The molecule has 23 heavy (non-hydrogen) atoms. The van der Waals surface area contributed by atoms with Crippen LogP contribution in [0.25, 0.3) is 0 Å². The molecule has 2 rings (SSSR count). The van der Waals surface area contributed by atoms with Crippen molar-refractivity contribution in [3.8, 4) is 0 Å². The maximum absolute atomic E-state index is 11.7. The van der Waals surface area contributed by atoms with Crippen LogP contribution in [-0.4, -0.2) is 97.8 Å². The third kappa shape index (κ3) is 3.26. The van der Waals surface area contributed by atoms with E-state index in [1.54, 1.807) is 0 Å². The fraction of sp³-hybridized carbons (Fsp3) is 0.750. The predicted molar refractivity (Wildman–Crippen MR) is 67.5 cm³/mol. The summed E-state index contributed by atoms with van der Waals surface area (Å²) in [4.78, 5) is 11.7. The molecule has 0 radical (unpaired) electrons. The lowest BCUT2D eigenvalue weighted by Gasteiger charge is -2.39. The quantitative estimate of drug-likeness (QED) is 0.241. The first-order valence-corrected chi connectivity index (χ1v) is 6.72. The van der Waals surface area contributed by atoms with Gasteiger partial charge in [0.25, 0.3) is 0 Å². The van der Waals surface area contributed by atoms with Crippen LogP contribution in [0.3, 0.4) is 0 Å². The van der Waals surface area contributed by atoms with E-state index in [9.17, 15) is 35.4 Å². The van der Waals surface area contributed by atoms with Crippen LogP contribution in [-0.2, 0) is 19.0 Å². The Morgan fingerprint density at radius 2 is 1.83 bits per heavy atom. The van der Waals surface area contributed by atoms with Gasteiger partial charge in [0.15, 0.2) is 24.3 Å². The van der Waals surface area contributed by atoms with Crippen molar-refractivity contribution in [1.82, 2.24) is 0 Å². The van der Waals surface area contributed by atoms with Crippen molar-refractivity contribution in [2.75, 3.05) is 13.2 Å². The summed E-state index contributed by atoms with van der Waals surface area (Å²) < 4.78 is 14.6. The number of carbonyl (C=O) groups excluding carboxylic acids is 1. The molecule has 0 aliphatic carbocycles. The van der Waals surface area contributed by atoms with Gasteiger partial charge in [0.05, 0.1) is 13.2 Å². The molecule has 7 atom stereocenters. The molecule has 11 nitrogen and oxygen atoms in total. The summed E-state index contributed by atoms with van der Waals surface area (Å²) in [5.41, 5.74) is 0. The molecule has 2 unspecified atom stereocenters. The normalized spacial score (nSPS) is 39.3. The van der Waals surface area contributed by atoms with Crippen LogP contribution < -0.4 is 0 Å². The highest BCUT2D eigenvalue weighted by molar-refractivity contribution is 5.89. The summed E-state index contributed by atoms with van der Waals surface area (Å²) in [6, 6.07) is 0. The summed E-state index contributed by atoms with van der Waals surface area (Å²) >= 11 is 0. The molecule has 2 aliphatic rings. The largest absolute Gasteiger partial charge is 0.505 e. The molecule has 0 aromatic rings. The monoisotopic (exact) mass is 338 g/mol. The second-order valence-corrected chi connectivity index (χ2v) is 5.10. The zero-order valence-electron chi connectivity index (χ0n) is 11.7. The van der Waals surface area contributed by atoms with Gasteiger partial charge in [-0.3, -0.25) is 0 Å². The Balaban J connectivity index is 2.21. The number of aliphatic hydroxyl groups excluding tert-OH is 7. The zero-order chi connectivity index (χ0) is 17.3. The van der Waals surface area contributed by atoms with Gasteiger partial charge in [-0.25, -0.2) is 4.79 Å². The molecule has 1 saturated heterocycles. The molecule has 0 amide bonds. The van der Waals surface area contributed by atoms with Crippen LogP contribution in [0.5, 0.6) is 0 Å². The van der Waals surface area contributed by atoms with Crippen molar-refractivity contribution in [3.63, 3.8) is 0 Å². The van der Waals surface area contributed by atoms with E-state index in [0.717, 1.165) is 0 Å². The average Bonchev–Trinajstić information content (AvgIpc) is 2.82. The zero-order valence-corrected chi connectivity index (χ0v) is 11.7. The second-order valence-electron chi connectivity index (χ2n) is 5.10. The van der Waals surface area contributed by atoms with Crippen molar-refractivity contribution in [2.45, 2.75) is 42.9 Å². The first-order valence-electron chi connectivity index (χ1n) is 6.72. The van der Waals surface area contributed by atoms with Gasteiger partial charge in [-0.05, 0) is 0 Å². The van der Waals surface area contributed by atoms with Crippen LogP contribution in [0.1, 0.15) is 0 Å². The second kappa shape index (κ2) is 6.97. The van der Waals surface area contributed by atoms with E-state index < -0.39 is 73.6 Å². The van der Waals surface area contributed by atoms with Gasteiger partial charge in [0.2, 0.25) is 5.76 Å². The average molecular weight is 338 g/mol. The molecule has 7 N–H and O–H groups in total. The van der Waals surface area contributed by atoms with Gasteiger partial charge in [-0.1, -0.05) is 0 Å². The smallest absolute Gasteiger partial charge is 0.378 e. The highest BCUT2D eigenvalue weighted by atomic mass is 16.7. The fourth-order valence-corrected chi connectivity index (χ4v) is 2.27. The lowest BCUT2D eigenvalue weighted by Crippen LogP contribution is -2.59. The number of esters is 1. The number of rotatable bonds is 5. The molecule has 0 aromatic carbocycles. The van der Waals surface area contributed by atoms with E-state index in [0.29, 0.717) is 0 Å². The highest BCUT2D eigenvalue weighted by Crippen LogP contribution is 2.30. The first-order chi connectivity index (χ1) is 10.8. The molecule has 0 saturated carbocycles. The maximum atomic E-state index is 11.7. The summed E-state index contributed by atoms with van der Waals surface area (Å²) in [6.45, 7) is -1.52. The minimum Gasteiger partial charge on any atom is -0.505 e. The van der Waals surface area contributed by atoms with Crippen LogP contribution in [0, 0.1) is 0 Å². The summed E-state index contributed by atoms with van der Waals surface area (Å²) in [5.74, 6) is -2.76. The summed E-state index contributed by atoms with van der Waals surface area (Å²) in [5, 5.41) is 66.1. The van der Waals surface area contributed by atoms with Gasteiger partial charge < -0.3 is 50.0 Å². The molecule has 1 fully saturated rings. The van der Waals surface area contributed by atoms with Crippen LogP contribution in [0.15, 0.2) is 11.5 Å². The molecule has 0 bridgehead atoms. The van der Waals surface area contributed by atoms with E-state index in [1.807, 2.05) is 0 Å². The Morgan fingerprint density at radius 1 is 1.17 bits per heavy atom. The Kier molecular flexibility index (Phi) is 5.41. The molecule has 132 valence electrons. The number of hydrogen-bond donors (Lipinski definition) is 7. The SMILES string of the molecule is O=C1OC(C(O)CO)C(O)=C1O[C@H]1[C@H](O)[C@@H](O)[C@H](O)O[C@@H]1CO. The van der Waals surface area contributed by atoms with Crippen molar-refractivity contribution < 1.29 is 54.8 Å². The molecular weight excluding hydrogens is 320 g/mol. The molecule has 11 heteroatoms. The van der Waals surface area contributed by atoms with Crippen LogP contribution in [0.4, 0.5) is 0 Å². The fourth-order valence-electron chi connectivity index (χ4n) is 2.27. The van der Waals surface area contributed by atoms with Gasteiger partial charge >= 0.3 is 5.97 Å². The van der Waals surface area contributed by atoms with E-state index in [2.05, 4.69) is 4.74 Å². The van der Waals surface area contributed by atoms with Gasteiger partial charge in [0, 0.05) is 0 Å². The van der Waals surface area contributed by atoms with E-state index in [1.165, 1.54) is 0 Å². The summed E-state index contributed by atoms with van der Waals surface area (Å²) in [6.07, 6.45) is -11.2. The van der Waals surface area contributed by atoms with Crippen molar-refractivity contribution in [1.29, 1.82) is 0 Å². The lowest BCUT2D eigenvalue weighted by atomic mass is 9.99. The van der Waals surface area contributed by atoms with Crippen LogP contribution in [0.2, 0.25) is 0 Å². The van der Waals surface area contributed by atoms with E-state index in [4.69, 9.17) is 14.6 Å². The predicted octanol–water partition coefficient (Wildman–Crippen LogP) is -4.15. The molecule has 2 aliphatic heterocycles. The van der Waals surface area contributed by atoms with Gasteiger partial charge in [-0.2, -0.15) is 0 Å².